The van der Waals surface area contributed by atoms with Crippen molar-refractivity contribution in [2.45, 2.75) is 19.9 Å². The maximum absolute atomic E-state index is 10.8. The van der Waals surface area contributed by atoms with E-state index in [4.69, 9.17) is 11.6 Å². The molecule has 0 amide bonds. The van der Waals surface area contributed by atoms with Gasteiger partial charge in [0.05, 0.1) is 0 Å². The summed E-state index contributed by atoms with van der Waals surface area (Å²) in [7, 11) is 2.01. The van der Waals surface area contributed by atoms with E-state index in [1.54, 1.807) is 6.92 Å². The molecule has 0 saturated heterocycles. The third kappa shape index (κ3) is 4.96. The van der Waals surface area contributed by atoms with E-state index in [-0.39, 0.29) is 5.78 Å². The number of hydrogen-bond donors (Lipinski definition) is 0. The van der Waals surface area contributed by atoms with Gasteiger partial charge in [0.2, 0.25) is 0 Å². The van der Waals surface area contributed by atoms with Crippen LogP contribution in [0, 0.1) is 0 Å². The van der Waals surface area contributed by atoms with E-state index in [0.717, 1.165) is 18.1 Å². The van der Waals surface area contributed by atoms with Crippen molar-refractivity contribution in [2.24, 2.45) is 0 Å². The molecule has 3 heteroatoms. The molecule has 2 nitrogen and oxygen atoms in total. The molecule has 0 saturated carbocycles. The van der Waals surface area contributed by atoms with E-state index in [0.29, 0.717) is 6.42 Å². The molecule has 82 valence electrons. The van der Waals surface area contributed by atoms with Crippen LogP contribution >= 0.6 is 11.6 Å². The Morgan fingerprint density at radius 1 is 1.33 bits per heavy atom. The number of halogens is 1. The van der Waals surface area contributed by atoms with E-state index in [1.807, 2.05) is 31.3 Å². The van der Waals surface area contributed by atoms with Gasteiger partial charge >= 0.3 is 0 Å². The first-order valence-corrected chi connectivity index (χ1v) is 5.38. The first kappa shape index (κ1) is 12.2. The molecule has 0 bridgehead atoms. The molecule has 0 aliphatic carbocycles. The second-order valence-corrected chi connectivity index (χ2v) is 4.25. The summed E-state index contributed by atoms with van der Waals surface area (Å²) in [5.74, 6) is 0.234. The fourth-order valence-electron chi connectivity index (χ4n) is 1.33. The summed E-state index contributed by atoms with van der Waals surface area (Å²) in [5.41, 5.74) is 1.21. The summed E-state index contributed by atoms with van der Waals surface area (Å²) in [4.78, 5) is 12.9. The molecule has 0 aliphatic rings. The molecule has 0 radical (unpaired) electrons. The highest BCUT2D eigenvalue weighted by molar-refractivity contribution is 6.30. The molecule has 0 N–H and O–H groups in total. The average Bonchev–Trinajstić information content (AvgIpc) is 2.19. The predicted octanol–water partition coefficient (Wildman–Crippen LogP) is 2.75. The van der Waals surface area contributed by atoms with Gasteiger partial charge in [-0.3, -0.25) is 4.79 Å². The number of Topliss-reactive ketones (excluding diaryl/α,β-unsaturated/α-hetero) is 1. The van der Waals surface area contributed by atoms with E-state index in [1.165, 1.54) is 5.56 Å². The molecular formula is C12H16ClNO. The van der Waals surface area contributed by atoms with Gasteiger partial charge in [0.1, 0.15) is 5.78 Å². The fraction of sp³-hybridized carbons (Fsp3) is 0.417. The van der Waals surface area contributed by atoms with Crippen LogP contribution in [0.15, 0.2) is 24.3 Å². The largest absolute Gasteiger partial charge is 0.302 e. The highest BCUT2D eigenvalue weighted by Crippen LogP contribution is 2.10. The quantitative estimate of drug-likeness (QED) is 0.768. The second kappa shape index (κ2) is 5.89. The van der Waals surface area contributed by atoms with Crippen molar-refractivity contribution in [2.75, 3.05) is 13.6 Å². The Bertz CT molecular complexity index is 321. The lowest BCUT2D eigenvalue weighted by Crippen LogP contribution is -2.20. The summed E-state index contributed by atoms with van der Waals surface area (Å²) >= 11 is 5.79. The third-order valence-electron chi connectivity index (χ3n) is 2.21. The molecule has 1 aromatic rings. The van der Waals surface area contributed by atoms with Crippen molar-refractivity contribution >= 4 is 17.4 Å². The van der Waals surface area contributed by atoms with E-state index in [2.05, 4.69) is 4.90 Å². The minimum Gasteiger partial charge on any atom is -0.302 e. The monoisotopic (exact) mass is 225 g/mol. The first-order chi connectivity index (χ1) is 7.08. The highest BCUT2D eigenvalue weighted by atomic mass is 35.5. The van der Waals surface area contributed by atoms with E-state index in [9.17, 15) is 4.79 Å². The van der Waals surface area contributed by atoms with Gasteiger partial charge in [0.25, 0.3) is 0 Å². The molecule has 0 heterocycles. The average molecular weight is 226 g/mol. The second-order valence-electron chi connectivity index (χ2n) is 3.82. The van der Waals surface area contributed by atoms with Crippen LogP contribution < -0.4 is 0 Å². The maximum atomic E-state index is 10.8. The molecule has 0 spiro atoms. The topological polar surface area (TPSA) is 20.3 Å². The zero-order valence-corrected chi connectivity index (χ0v) is 9.92. The Morgan fingerprint density at radius 2 is 1.93 bits per heavy atom. The molecule has 1 aromatic carbocycles. The molecule has 0 aromatic heterocycles. The number of benzene rings is 1. The zero-order chi connectivity index (χ0) is 11.3. The predicted molar refractivity (Wildman–Crippen MR) is 63.1 cm³/mol. The maximum Gasteiger partial charge on any atom is 0.131 e. The van der Waals surface area contributed by atoms with Crippen molar-refractivity contribution in [3.63, 3.8) is 0 Å². The van der Waals surface area contributed by atoms with Gasteiger partial charge in [-0.2, -0.15) is 0 Å². The van der Waals surface area contributed by atoms with Crippen LogP contribution in [0.2, 0.25) is 5.02 Å². The molecular weight excluding hydrogens is 210 g/mol. The van der Waals surface area contributed by atoms with Crippen LogP contribution in [-0.2, 0) is 11.3 Å². The van der Waals surface area contributed by atoms with Crippen molar-refractivity contribution in [3.8, 4) is 0 Å². The van der Waals surface area contributed by atoms with Gasteiger partial charge in [0, 0.05) is 24.5 Å². The zero-order valence-electron chi connectivity index (χ0n) is 9.16. The van der Waals surface area contributed by atoms with E-state index < -0.39 is 0 Å². The van der Waals surface area contributed by atoms with Crippen LogP contribution in [0.4, 0.5) is 0 Å². The van der Waals surface area contributed by atoms with Gasteiger partial charge in [-0.05, 0) is 31.7 Å². The van der Waals surface area contributed by atoms with Crippen molar-refractivity contribution < 1.29 is 4.79 Å². The lowest BCUT2D eigenvalue weighted by atomic mass is 10.2. The summed E-state index contributed by atoms with van der Waals surface area (Å²) in [6, 6.07) is 7.78. The Kier molecular flexibility index (Phi) is 4.79. The summed E-state index contributed by atoms with van der Waals surface area (Å²) in [5, 5.41) is 0.755. The summed E-state index contributed by atoms with van der Waals surface area (Å²) in [6.07, 6.45) is 0.615. The Labute approximate surface area is 95.8 Å². The minimum atomic E-state index is 0.234. The van der Waals surface area contributed by atoms with Crippen molar-refractivity contribution in [1.82, 2.24) is 4.90 Å². The Balaban J connectivity index is 2.40. The lowest BCUT2D eigenvalue weighted by molar-refractivity contribution is -0.117. The smallest absolute Gasteiger partial charge is 0.131 e. The van der Waals surface area contributed by atoms with Crippen molar-refractivity contribution in [1.29, 1.82) is 0 Å². The van der Waals surface area contributed by atoms with Gasteiger partial charge in [-0.15, -0.1) is 0 Å². The van der Waals surface area contributed by atoms with Gasteiger partial charge in [-0.25, -0.2) is 0 Å². The number of hydrogen-bond acceptors (Lipinski definition) is 2. The minimum absolute atomic E-state index is 0.234. The molecule has 0 fully saturated rings. The standard InChI is InChI=1S/C12H16ClNO/c1-10(15)7-8-14(2)9-11-3-5-12(13)6-4-11/h3-6H,7-9H2,1-2H3. The normalized spacial score (nSPS) is 10.7. The summed E-state index contributed by atoms with van der Waals surface area (Å²) < 4.78 is 0. The number of rotatable bonds is 5. The van der Waals surface area contributed by atoms with Crippen LogP contribution in [0.3, 0.4) is 0 Å². The molecule has 0 atom stereocenters. The van der Waals surface area contributed by atoms with Crippen LogP contribution in [-0.4, -0.2) is 24.3 Å². The van der Waals surface area contributed by atoms with Gasteiger partial charge in [0.15, 0.2) is 0 Å². The van der Waals surface area contributed by atoms with Crippen LogP contribution in [0.5, 0.6) is 0 Å². The first-order valence-electron chi connectivity index (χ1n) is 5.00. The molecule has 0 aliphatic heterocycles. The summed E-state index contributed by atoms with van der Waals surface area (Å²) in [6.45, 7) is 3.28. The number of carbonyl (C=O) groups is 1. The SMILES string of the molecule is CC(=O)CCN(C)Cc1ccc(Cl)cc1. The van der Waals surface area contributed by atoms with Crippen LogP contribution in [0.1, 0.15) is 18.9 Å². The lowest BCUT2D eigenvalue weighted by Gasteiger charge is -2.15. The fourth-order valence-corrected chi connectivity index (χ4v) is 1.45. The van der Waals surface area contributed by atoms with Crippen LogP contribution in [0.25, 0.3) is 0 Å². The number of nitrogens with zero attached hydrogens (tertiary/aromatic N) is 1. The molecule has 1 rings (SSSR count). The highest BCUT2D eigenvalue weighted by Gasteiger charge is 2.01. The number of ketones is 1. The Hall–Kier alpha value is -0.860. The molecule has 15 heavy (non-hydrogen) atoms. The molecule has 0 unspecified atom stereocenters. The van der Waals surface area contributed by atoms with Gasteiger partial charge < -0.3 is 4.90 Å². The number of carbonyl (C=O) groups excluding carboxylic acids is 1. The Morgan fingerprint density at radius 3 is 2.47 bits per heavy atom. The van der Waals surface area contributed by atoms with Crippen molar-refractivity contribution in [3.05, 3.63) is 34.9 Å². The van der Waals surface area contributed by atoms with Gasteiger partial charge in [-0.1, -0.05) is 23.7 Å². The third-order valence-corrected chi connectivity index (χ3v) is 2.46. The van der Waals surface area contributed by atoms with E-state index >= 15 is 0 Å².